The van der Waals surface area contributed by atoms with Crippen molar-refractivity contribution in [1.29, 1.82) is 0 Å². The summed E-state index contributed by atoms with van der Waals surface area (Å²) in [5.74, 6) is 0.106. The summed E-state index contributed by atoms with van der Waals surface area (Å²) in [6.07, 6.45) is 2.12. The summed E-state index contributed by atoms with van der Waals surface area (Å²) < 4.78 is 0. The molecule has 2 N–H and O–H groups in total. The van der Waals surface area contributed by atoms with Crippen LogP contribution in [-0.2, 0) is 4.79 Å². The molecule has 0 radical (unpaired) electrons. The molecule has 1 aliphatic heterocycles. The van der Waals surface area contributed by atoms with Crippen molar-refractivity contribution in [2.45, 2.75) is 39.2 Å². The van der Waals surface area contributed by atoms with Crippen molar-refractivity contribution < 1.29 is 9.59 Å². The number of nitrogens with zero attached hydrogens (tertiary/aromatic N) is 1. The molecule has 0 saturated carbocycles. The highest BCUT2D eigenvalue weighted by Crippen LogP contribution is 2.46. The van der Waals surface area contributed by atoms with E-state index in [0.29, 0.717) is 12.0 Å². The van der Waals surface area contributed by atoms with Crippen molar-refractivity contribution in [3.05, 3.63) is 87.3 Å². The number of anilines is 3. The van der Waals surface area contributed by atoms with Crippen molar-refractivity contribution in [3.8, 4) is 0 Å². The first-order chi connectivity index (χ1) is 15.5. The van der Waals surface area contributed by atoms with Gasteiger partial charge in [0.05, 0.1) is 11.4 Å². The van der Waals surface area contributed by atoms with E-state index in [1.807, 2.05) is 73.8 Å². The standard InChI is InChI=1S/C26H25N3O2S/c1-16-12-13-17(2)20(15-16)28-26(31)29-21-9-4-3-7-18(21)27-19-8-5-10-22(30)24(19)25(29)23-11-6-14-32-23/h3-4,6-7,9,11-15,25,27H,5,8,10H2,1-2H3,(H,28,31)/t25-/m0/s1. The molecule has 1 atom stereocenters. The Hall–Kier alpha value is -3.38. The van der Waals surface area contributed by atoms with Gasteiger partial charge in [-0.1, -0.05) is 30.3 Å². The summed E-state index contributed by atoms with van der Waals surface area (Å²) in [5, 5.41) is 8.61. The largest absolute Gasteiger partial charge is 0.357 e. The third-order valence-electron chi connectivity index (χ3n) is 6.10. The van der Waals surface area contributed by atoms with E-state index in [-0.39, 0.29) is 11.8 Å². The number of Topliss-reactive ketones (excluding diaryl/α,β-unsaturated/α-hetero) is 1. The van der Waals surface area contributed by atoms with E-state index >= 15 is 0 Å². The van der Waals surface area contributed by atoms with Crippen LogP contribution in [0.3, 0.4) is 0 Å². The highest BCUT2D eigenvalue weighted by Gasteiger charge is 2.40. The van der Waals surface area contributed by atoms with Gasteiger partial charge in [0, 0.05) is 28.3 Å². The summed E-state index contributed by atoms with van der Waals surface area (Å²) >= 11 is 1.57. The molecule has 32 heavy (non-hydrogen) atoms. The van der Waals surface area contributed by atoms with Gasteiger partial charge in [-0.25, -0.2) is 4.79 Å². The summed E-state index contributed by atoms with van der Waals surface area (Å²) in [6, 6.07) is 17.0. The Balaban J connectivity index is 1.68. The number of para-hydroxylation sites is 2. The van der Waals surface area contributed by atoms with Gasteiger partial charge in [-0.05, 0) is 67.5 Å². The highest BCUT2D eigenvalue weighted by atomic mass is 32.1. The molecule has 0 spiro atoms. The van der Waals surface area contributed by atoms with Gasteiger partial charge in [-0.2, -0.15) is 0 Å². The molecule has 2 aromatic carbocycles. The number of hydrogen-bond donors (Lipinski definition) is 2. The third-order valence-corrected chi connectivity index (χ3v) is 7.03. The SMILES string of the molecule is Cc1ccc(C)c(NC(=O)N2c3ccccc3NC3=C(C(=O)CCC3)[C@@H]2c2cccs2)c1. The molecule has 0 bridgehead atoms. The van der Waals surface area contributed by atoms with E-state index in [1.54, 1.807) is 16.2 Å². The van der Waals surface area contributed by atoms with Crippen LogP contribution < -0.4 is 15.5 Å². The molecular formula is C26H25N3O2S. The lowest BCUT2D eigenvalue weighted by Gasteiger charge is -2.33. The molecule has 2 heterocycles. The van der Waals surface area contributed by atoms with Crippen LogP contribution in [0.1, 0.15) is 41.3 Å². The average Bonchev–Trinajstić information content (AvgIpc) is 3.25. The summed E-state index contributed by atoms with van der Waals surface area (Å²) in [7, 11) is 0. The number of carbonyl (C=O) groups excluding carboxylic acids is 2. The van der Waals surface area contributed by atoms with E-state index in [2.05, 4.69) is 10.6 Å². The minimum absolute atomic E-state index is 0.106. The zero-order chi connectivity index (χ0) is 22.2. The van der Waals surface area contributed by atoms with Crippen molar-refractivity contribution in [2.24, 2.45) is 0 Å². The number of hydrogen-bond acceptors (Lipinski definition) is 4. The second-order valence-electron chi connectivity index (χ2n) is 8.35. The van der Waals surface area contributed by atoms with Gasteiger partial charge in [-0.15, -0.1) is 11.3 Å². The summed E-state index contributed by atoms with van der Waals surface area (Å²) in [5.41, 5.74) is 6.07. The molecule has 2 aliphatic rings. The van der Waals surface area contributed by atoms with Crippen LogP contribution in [0.4, 0.5) is 21.9 Å². The number of amides is 2. The van der Waals surface area contributed by atoms with E-state index in [0.717, 1.165) is 51.6 Å². The van der Waals surface area contributed by atoms with E-state index < -0.39 is 6.04 Å². The van der Waals surface area contributed by atoms with Crippen molar-refractivity contribution >= 4 is 40.2 Å². The quantitative estimate of drug-likeness (QED) is 0.470. The lowest BCUT2D eigenvalue weighted by atomic mass is 9.88. The van der Waals surface area contributed by atoms with Crippen LogP contribution in [0.15, 0.2) is 71.2 Å². The number of rotatable bonds is 2. The van der Waals surface area contributed by atoms with Gasteiger partial charge in [0.15, 0.2) is 5.78 Å². The van der Waals surface area contributed by atoms with Gasteiger partial charge in [0.25, 0.3) is 0 Å². The molecule has 0 unspecified atom stereocenters. The summed E-state index contributed by atoms with van der Waals surface area (Å²) in [4.78, 5) is 29.8. The molecule has 5 nitrogen and oxygen atoms in total. The number of benzene rings is 2. The van der Waals surface area contributed by atoms with Crippen LogP contribution in [-0.4, -0.2) is 11.8 Å². The molecule has 2 amide bonds. The van der Waals surface area contributed by atoms with Gasteiger partial charge in [0.2, 0.25) is 0 Å². The predicted molar refractivity (Wildman–Crippen MR) is 130 cm³/mol. The van der Waals surface area contributed by atoms with Crippen molar-refractivity contribution in [3.63, 3.8) is 0 Å². The Morgan fingerprint density at radius 2 is 1.94 bits per heavy atom. The Morgan fingerprint density at radius 1 is 1.09 bits per heavy atom. The predicted octanol–water partition coefficient (Wildman–Crippen LogP) is 6.58. The number of urea groups is 1. The van der Waals surface area contributed by atoms with E-state index in [4.69, 9.17) is 0 Å². The number of aryl methyl sites for hydroxylation is 2. The fraction of sp³-hybridized carbons (Fsp3) is 0.231. The van der Waals surface area contributed by atoms with Crippen LogP contribution in [0, 0.1) is 13.8 Å². The van der Waals surface area contributed by atoms with Gasteiger partial charge >= 0.3 is 6.03 Å². The zero-order valence-electron chi connectivity index (χ0n) is 18.1. The monoisotopic (exact) mass is 443 g/mol. The maximum atomic E-state index is 13.9. The number of allylic oxidation sites excluding steroid dienone is 1. The molecule has 5 rings (SSSR count). The maximum Gasteiger partial charge on any atom is 0.327 e. The Morgan fingerprint density at radius 3 is 2.75 bits per heavy atom. The lowest BCUT2D eigenvalue weighted by molar-refractivity contribution is -0.116. The first-order valence-corrected chi connectivity index (χ1v) is 11.7. The molecule has 0 saturated heterocycles. The first-order valence-electron chi connectivity index (χ1n) is 10.9. The number of ketones is 1. The average molecular weight is 444 g/mol. The molecular weight excluding hydrogens is 418 g/mol. The van der Waals surface area contributed by atoms with Crippen molar-refractivity contribution in [1.82, 2.24) is 0 Å². The third kappa shape index (κ3) is 3.60. The maximum absolute atomic E-state index is 13.9. The van der Waals surface area contributed by atoms with Gasteiger partial charge in [-0.3, -0.25) is 9.69 Å². The fourth-order valence-corrected chi connectivity index (χ4v) is 5.34. The number of carbonyl (C=O) groups is 2. The second-order valence-corrected chi connectivity index (χ2v) is 9.33. The Bertz CT molecular complexity index is 1230. The van der Waals surface area contributed by atoms with E-state index in [9.17, 15) is 9.59 Å². The molecule has 0 fully saturated rings. The minimum Gasteiger partial charge on any atom is -0.357 e. The Labute approximate surface area is 191 Å². The topological polar surface area (TPSA) is 61.4 Å². The number of thiophene rings is 1. The number of fused-ring (bicyclic) bond motifs is 1. The molecule has 162 valence electrons. The zero-order valence-corrected chi connectivity index (χ0v) is 19.0. The van der Waals surface area contributed by atoms with Crippen LogP contribution >= 0.6 is 11.3 Å². The van der Waals surface area contributed by atoms with Crippen LogP contribution in [0.5, 0.6) is 0 Å². The Kier molecular flexibility index (Phi) is 5.31. The van der Waals surface area contributed by atoms with Crippen LogP contribution in [0.2, 0.25) is 0 Å². The normalized spacial score (nSPS) is 17.9. The molecule has 3 aromatic rings. The molecule has 1 aromatic heterocycles. The first kappa shape index (κ1) is 20.5. The summed E-state index contributed by atoms with van der Waals surface area (Å²) in [6.45, 7) is 3.99. The number of nitrogens with one attached hydrogen (secondary N) is 2. The minimum atomic E-state index is -0.473. The van der Waals surface area contributed by atoms with Gasteiger partial charge < -0.3 is 10.6 Å². The fourth-order valence-electron chi connectivity index (χ4n) is 4.52. The molecule has 6 heteroatoms. The second kappa shape index (κ2) is 8.28. The van der Waals surface area contributed by atoms with E-state index in [1.165, 1.54) is 0 Å². The smallest absolute Gasteiger partial charge is 0.327 e. The van der Waals surface area contributed by atoms with Crippen LogP contribution in [0.25, 0.3) is 0 Å². The molecule has 1 aliphatic carbocycles. The highest BCUT2D eigenvalue weighted by molar-refractivity contribution is 7.10. The lowest BCUT2D eigenvalue weighted by Crippen LogP contribution is -2.40. The van der Waals surface area contributed by atoms with Crippen molar-refractivity contribution in [2.75, 3.05) is 15.5 Å². The van der Waals surface area contributed by atoms with Gasteiger partial charge in [0.1, 0.15) is 6.04 Å².